The summed E-state index contributed by atoms with van der Waals surface area (Å²) in [6.45, 7) is 2.91. The first-order chi connectivity index (χ1) is 14.2. The van der Waals surface area contributed by atoms with E-state index >= 15 is 0 Å². The van der Waals surface area contributed by atoms with Crippen LogP contribution in [0.1, 0.15) is 16.6 Å². The molecule has 0 bridgehead atoms. The molecule has 5 rings (SSSR count). The van der Waals surface area contributed by atoms with Gasteiger partial charge in [0, 0.05) is 6.54 Å². The Balaban J connectivity index is 1.44. The van der Waals surface area contributed by atoms with E-state index in [0.717, 1.165) is 39.1 Å². The molecule has 3 aromatic carbocycles. The van der Waals surface area contributed by atoms with Crippen molar-refractivity contribution in [2.45, 2.75) is 13.5 Å². The quantitative estimate of drug-likeness (QED) is 0.269. The predicted molar refractivity (Wildman–Crippen MR) is 118 cm³/mol. The molecule has 5 aromatic rings. The smallest absolute Gasteiger partial charge is 0.353 e. The van der Waals surface area contributed by atoms with Crippen LogP contribution < -0.4 is 4.74 Å². The third kappa shape index (κ3) is 3.19. The zero-order valence-electron chi connectivity index (χ0n) is 15.8. The highest BCUT2D eigenvalue weighted by atomic mass is 32.1. The summed E-state index contributed by atoms with van der Waals surface area (Å²) in [7, 11) is 0. The molecule has 0 saturated heterocycles. The maximum Gasteiger partial charge on any atom is 0.353 e. The van der Waals surface area contributed by atoms with Crippen molar-refractivity contribution in [3.8, 4) is 16.5 Å². The molecular formula is C24H18N2O2S. The van der Waals surface area contributed by atoms with Crippen LogP contribution in [-0.4, -0.2) is 15.5 Å². The van der Waals surface area contributed by atoms with Gasteiger partial charge in [-0.05, 0) is 54.1 Å². The van der Waals surface area contributed by atoms with E-state index in [1.54, 1.807) is 0 Å². The molecule has 0 spiro atoms. The molecule has 0 atom stereocenters. The number of carbonyl (C=O) groups excluding carboxylic acids is 1. The molecule has 0 saturated carbocycles. The minimum atomic E-state index is -0.351. The van der Waals surface area contributed by atoms with E-state index in [0.29, 0.717) is 10.6 Å². The van der Waals surface area contributed by atoms with Crippen molar-refractivity contribution in [1.29, 1.82) is 0 Å². The number of rotatable bonds is 4. The van der Waals surface area contributed by atoms with Gasteiger partial charge in [0.25, 0.3) is 0 Å². The van der Waals surface area contributed by atoms with E-state index in [9.17, 15) is 4.79 Å². The Morgan fingerprint density at radius 2 is 1.76 bits per heavy atom. The van der Waals surface area contributed by atoms with Crippen molar-refractivity contribution in [2.24, 2.45) is 0 Å². The number of hydrogen-bond acceptors (Lipinski definition) is 4. The number of esters is 1. The van der Waals surface area contributed by atoms with Crippen LogP contribution in [0.15, 0.2) is 78.9 Å². The van der Waals surface area contributed by atoms with Gasteiger partial charge in [-0.25, -0.2) is 9.78 Å². The minimum Gasteiger partial charge on any atom is -0.422 e. The van der Waals surface area contributed by atoms with Gasteiger partial charge in [0.05, 0.1) is 15.9 Å². The number of hydrogen-bond donors (Lipinski definition) is 0. The van der Waals surface area contributed by atoms with E-state index in [2.05, 4.69) is 17.6 Å². The second-order valence-electron chi connectivity index (χ2n) is 6.73. The van der Waals surface area contributed by atoms with Gasteiger partial charge in [0.15, 0.2) is 5.82 Å². The Labute approximate surface area is 172 Å². The molecule has 5 heteroatoms. The Hall–Kier alpha value is -3.44. The predicted octanol–water partition coefficient (Wildman–Crippen LogP) is 6.16. The number of carbonyl (C=O) groups is 1. The lowest BCUT2D eigenvalue weighted by Gasteiger charge is -2.05. The number of nitrogens with zero attached hydrogens (tertiary/aromatic N) is 2. The zero-order valence-corrected chi connectivity index (χ0v) is 16.6. The maximum atomic E-state index is 12.7. The summed E-state index contributed by atoms with van der Waals surface area (Å²) in [4.78, 5) is 19.0. The minimum absolute atomic E-state index is 0.351. The fourth-order valence-electron chi connectivity index (χ4n) is 3.54. The van der Waals surface area contributed by atoms with E-state index in [1.165, 1.54) is 11.3 Å². The van der Waals surface area contributed by atoms with E-state index < -0.39 is 0 Å². The molecule has 4 nitrogen and oxygen atoms in total. The van der Waals surface area contributed by atoms with Gasteiger partial charge < -0.3 is 9.30 Å². The largest absolute Gasteiger partial charge is 0.422 e. The Morgan fingerprint density at radius 3 is 2.62 bits per heavy atom. The number of para-hydroxylation sites is 2. The molecule has 0 amide bonds. The number of aromatic nitrogens is 2. The highest BCUT2D eigenvalue weighted by Gasteiger charge is 2.17. The van der Waals surface area contributed by atoms with Gasteiger partial charge in [-0.3, -0.25) is 0 Å². The normalized spacial score (nSPS) is 11.2. The van der Waals surface area contributed by atoms with E-state index in [-0.39, 0.29) is 5.97 Å². The van der Waals surface area contributed by atoms with Crippen LogP contribution in [-0.2, 0) is 6.54 Å². The summed E-state index contributed by atoms with van der Waals surface area (Å²) in [5.74, 6) is 1.07. The summed E-state index contributed by atoms with van der Waals surface area (Å²) in [6.07, 6.45) is 0. The van der Waals surface area contributed by atoms with Crippen LogP contribution in [0.2, 0.25) is 0 Å². The van der Waals surface area contributed by atoms with E-state index in [1.807, 2.05) is 72.8 Å². The first kappa shape index (κ1) is 17.6. The summed E-state index contributed by atoms with van der Waals surface area (Å²) >= 11 is 1.40. The fraction of sp³-hybridized carbons (Fsp3) is 0.0833. The standard InChI is InChI=1S/C24H18N2O2S/c1-2-26-20-10-6-5-9-19(20)25-23(26)21-13-14-22(29-21)24(27)28-18-12-11-16-7-3-4-8-17(16)15-18/h3-15H,2H2,1H3. The molecule has 0 aliphatic rings. The zero-order chi connectivity index (χ0) is 19.8. The van der Waals surface area contributed by atoms with Crippen LogP contribution >= 0.6 is 11.3 Å². The summed E-state index contributed by atoms with van der Waals surface area (Å²) in [6, 6.07) is 25.5. The summed E-state index contributed by atoms with van der Waals surface area (Å²) in [5.41, 5.74) is 2.05. The molecule has 0 fully saturated rings. The molecule has 2 aromatic heterocycles. The van der Waals surface area contributed by atoms with Gasteiger partial charge in [0.2, 0.25) is 0 Å². The SMILES string of the molecule is CCn1c(-c2ccc(C(=O)Oc3ccc4ccccc4c3)s2)nc2ccccc21. The highest BCUT2D eigenvalue weighted by Crippen LogP contribution is 2.31. The monoisotopic (exact) mass is 398 g/mol. The van der Waals surface area contributed by atoms with Gasteiger partial charge in [0.1, 0.15) is 10.6 Å². The van der Waals surface area contributed by atoms with Crippen molar-refractivity contribution >= 4 is 39.1 Å². The third-order valence-electron chi connectivity index (χ3n) is 4.93. The van der Waals surface area contributed by atoms with Crippen molar-refractivity contribution in [1.82, 2.24) is 9.55 Å². The maximum absolute atomic E-state index is 12.7. The van der Waals surface area contributed by atoms with Gasteiger partial charge in [-0.15, -0.1) is 11.3 Å². The molecule has 29 heavy (non-hydrogen) atoms. The second-order valence-corrected chi connectivity index (χ2v) is 7.81. The number of ether oxygens (including phenoxy) is 1. The number of imidazole rings is 1. The third-order valence-corrected chi connectivity index (χ3v) is 5.99. The van der Waals surface area contributed by atoms with Crippen molar-refractivity contribution in [3.05, 3.63) is 83.7 Å². The number of fused-ring (bicyclic) bond motifs is 2. The molecular weight excluding hydrogens is 380 g/mol. The highest BCUT2D eigenvalue weighted by molar-refractivity contribution is 7.17. The lowest BCUT2D eigenvalue weighted by molar-refractivity contribution is 0.0740. The lowest BCUT2D eigenvalue weighted by Crippen LogP contribution is -2.06. The Kier molecular flexibility index (Phi) is 4.37. The fourth-order valence-corrected chi connectivity index (χ4v) is 4.42. The van der Waals surface area contributed by atoms with Gasteiger partial charge in [-0.2, -0.15) is 0 Å². The molecule has 0 N–H and O–H groups in total. The first-order valence-corrected chi connectivity index (χ1v) is 10.3. The topological polar surface area (TPSA) is 44.1 Å². The number of aryl methyl sites for hydroxylation is 1. The van der Waals surface area contributed by atoms with Crippen LogP contribution in [0.5, 0.6) is 5.75 Å². The van der Waals surface area contributed by atoms with Crippen LogP contribution in [0.4, 0.5) is 0 Å². The van der Waals surface area contributed by atoms with Gasteiger partial charge in [-0.1, -0.05) is 42.5 Å². The summed E-state index contributed by atoms with van der Waals surface area (Å²) < 4.78 is 7.78. The second kappa shape index (κ2) is 7.18. The Bertz CT molecular complexity index is 1350. The molecule has 142 valence electrons. The average molecular weight is 398 g/mol. The van der Waals surface area contributed by atoms with Crippen LogP contribution in [0.25, 0.3) is 32.5 Å². The molecule has 0 aliphatic heterocycles. The van der Waals surface area contributed by atoms with Gasteiger partial charge >= 0.3 is 5.97 Å². The van der Waals surface area contributed by atoms with E-state index in [4.69, 9.17) is 9.72 Å². The lowest BCUT2D eigenvalue weighted by atomic mass is 10.1. The van der Waals surface area contributed by atoms with Crippen LogP contribution in [0, 0.1) is 0 Å². The van der Waals surface area contributed by atoms with Crippen LogP contribution in [0.3, 0.4) is 0 Å². The van der Waals surface area contributed by atoms with Crippen molar-refractivity contribution in [2.75, 3.05) is 0 Å². The number of benzene rings is 3. The molecule has 2 heterocycles. The Morgan fingerprint density at radius 1 is 0.966 bits per heavy atom. The van der Waals surface area contributed by atoms with Crippen molar-refractivity contribution in [3.63, 3.8) is 0 Å². The first-order valence-electron chi connectivity index (χ1n) is 9.49. The van der Waals surface area contributed by atoms with Crippen molar-refractivity contribution < 1.29 is 9.53 Å². The molecule has 0 aliphatic carbocycles. The summed E-state index contributed by atoms with van der Waals surface area (Å²) in [5, 5.41) is 2.16. The molecule has 0 unspecified atom stereocenters. The molecule has 0 radical (unpaired) electrons. The number of thiophene rings is 1. The average Bonchev–Trinajstić information content (AvgIpc) is 3.38.